The second kappa shape index (κ2) is 8.20. The van der Waals surface area contributed by atoms with E-state index in [1.165, 1.54) is 6.20 Å². The van der Waals surface area contributed by atoms with Crippen LogP contribution in [-0.2, 0) is 4.74 Å². The molecule has 9 nitrogen and oxygen atoms in total. The molecule has 6 rings (SSSR count). The van der Waals surface area contributed by atoms with Gasteiger partial charge in [-0.3, -0.25) is 4.79 Å². The molecule has 2 aromatic carbocycles. The van der Waals surface area contributed by atoms with Gasteiger partial charge < -0.3 is 14.8 Å². The van der Waals surface area contributed by atoms with Crippen molar-refractivity contribution in [2.24, 2.45) is 0 Å². The summed E-state index contributed by atoms with van der Waals surface area (Å²) in [5, 5.41) is 8.80. The molecule has 0 aliphatic carbocycles. The minimum absolute atomic E-state index is 0.278. The largest absolute Gasteiger partial charge is 0.497 e. The van der Waals surface area contributed by atoms with E-state index in [4.69, 9.17) is 24.5 Å². The molecule has 1 saturated heterocycles. The lowest BCUT2D eigenvalue weighted by atomic mass is 9.94. The molecule has 9 heteroatoms. The van der Waals surface area contributed by atoms with E-state index >= 15 is 0 Å². The fourth-order valence-corrected chi connectivity index (χ4v) is 4.04. The van der Waals surface area contributed by atoms with Gasteiger partial charge in [0.05, 0.1) is 25.8 Å². The van der Waals surface area contributed by atoms with Crippen molar-refractivity contribution in [3.8, 4) is 17.1 Å². The van der Waals surface area contributed by atoms with Crippen molar-refractivity contribution in [1.29, 1.82) is 0 Å². The molecule has 1 fully saturated rings. The molecule has 0 saturated carbocycles. The number of methoxy groups -OCH3 is 1. The van der Waals surface area contributed by atoms with Crippen molar-refractivity contribution in [3.05, 3.63) is 82.8 Å². The molecule has 0 amide bonds. The van der Waals surface area contributed by atoms with Crippen LogP contribution in [0.4, 0.5) is 11.6 Å². The van der Waals surface area contributed by atoms with Crippen LogP contribution in [-0.4, -0.2) is 44.9 Å². The minimum atomic E-state index is -0.393. The van der Waals surface area contributed by atoms with Gasteiger partial charge in [0.25, 0.3) is 5.56 Å². The molecule has 0 radical (unpaired) electrons. The Labute approximate surface area is 194 Å². The van der Waals surface area contributed by atoms with Gasteiger partial charge in [-0.15, -0.1) is 5.10 Å². The van der Waals surface area contributed by atoms with Gasteiger partial charge in [-0.1, -0.05) is 18.2 Å². The molecule has 168 valence electrons. The Hall–Kier alpha value is -4.37. The van der Waals surface area contributed by atoms with Crippen LogP contribution in [0.1, 0.15) is 11.5 Å². The second-order valence-corrected chi connectivity index (χ2v) is 7.98. The third-order valence-corrected chi connectivity index (χ3v) is 5.89. The summed E-state index contributed by atoms with van der Waals surface area (Å²) in [4.78, 5) is 26.0. The van der Waals surface area contributed by atoms with Crippen LogP contribution in [0.2, 0.25) is 0 Å². The number of nitrogens with one attached hydrogen (secondary N) is 1. The van der Waals surface area contributed by atoms with E-state index < -0.39 is 5.56 Å². The van der Waals surface area contributed by atoms with Crippen LogP contribution in [0.3, 0.4) is 0 Å². The van der Waals surface area contributed by atoms with Crippen LogP contribution < -0.4 is 15.6 Å². The quantitative estimate of drug-likeness (QED) is 0.432. The number of ether oxygens (including phenoxy) is 2. The molecule has 1 aliphatic rings. The molecule has 34 heavy (non-hydrogen) atoms. The summed E-state index contributed by atoms with van der Waals surface area (Å²) >= 11 is 0. The Kier molecular flexibility index (Phi) is 4.88. The maximum atomic E-state index is 12.4. The summed E-state index contributed by atoms with van der Waals surface area (Å²) < 4.78 is 12.4. The summed E-state index contributed by atoms with van der Waals surface area (Å²) in [7, 11) is 1.63. The first-order valence-corrected chi connectivity index (χ1v) is 10.9. The number of aromatic nitrogens is 5. The van der Waals surface area contributed by atoms with Crippen molar-refractivity contribution in [1.82, 2.24) is 24.6 Å². The Morgan fingerprint density at radius 2 is 1.88 bits per heavy atom. The maximum absolute atomic E-state index is 12.4. The third-order valence-electron chi connectivity index (χ3n) is 5.89. The van der Waals surface area contributed by atoms with E-state index in [0.717, 1.165) is 27.8 Å². The van der Waals surface area contributed by atoms with Crippen molar-refractivity contribution >= 4 is 28.2 Å². The highest BCUT2D eigenvalue weighted by Gasteiger charge is 2.26. The zero-order valence-corrected chi connectivity index (χ0v) is 18.3. The normalized spacial score (nSPS) is 13.7. The molecule has 3 aromatic heterocycles. The topological polar surface area (TPSA) is 104 Å². The zero-order chi connectivity index (χ0) is 23.1. The number of hydrogen-bond donors (Lipinski definition) is 1. The lowest BCUT2D eigenvalue weighted by Gasteiger charge is -2.27. The average molecular weight is 452 g/mol. The van der Waals surface area contributed by atoms with Gasteiger partial charge in [0.15, 0.2) is 11.5 Å². The fourth-order valence-electron chi connectivity index (χ4n) is 4.04. The SMILES string of the molecule is COc1ccc(-c2nc3c4c(C5COC5)cccc4nc(Nc4ccccnc4=O)n3n2)cc1. The van der Waals surface area contributed by atoms with Crippen molar-refractivity contribution in [2.45, 2.75) is 5.92 Å². The first-order chi connectivity index (χ1) is 16.7. The number of rotatable bonds is 5. The molecular weight excluding hydrogens is 432 g/mol. The fraction of sp³-hybridized carbons (Fsp3) is 0.160. The predicted octanol–water partition coefficient (Wildman–Crippen LogP) is 3.57. The zero-order valence-electron chi connectivity index (χ0n) is 18.3. The summed E-state index contributed by atoms with van der Waals surface area (Å²) in [6, 6.07) is 18.7. The van der Waals surface area contributed by atoms with Crippen LogP contribution in [0.25, 0.3) is 27.9 Å². The molecule has 0 spiro atoms. The number of fused-ring (bicyclic) bond motifs is 3. The van der Waals surface area contributed by atoms with Gasteiger partial charge >= 0.3 is 0 Å². The molecule has 4 heterocycles. The second-order valence-electron chi connectivity index (χ2n) is 7.98. The maximum Gasteiger partial charge on any atom is 0.293 e. The standard InChI is InChI=1S/C25H20N6O3/c1-33-17-10-8-15(9-11-17)22-29-23-21-18(16-13-34-14-16)5-4-7-19(21)27-25(31(23)30-22)28-20-6-2-3-12-26-24(20)32/h2-12,16H,13-14H2,1H3,(H,26,27,28,32). The molecule has 0 unspecified atom stereocenters. The van der Waals surface area contributed by atoms with Crippen LogP contribution in [0.15, 0.2) is 71.7 Å². The van der Waals surface area contributed by atoms with E-state index in [1.807, 2.05) is 36.4 Å². The Bertz CT molecular complexity index is 1580. The van der Waals surface area contributed by atoms with Gasteiger partial charge in [-0.25, -0.2) is 15.0 Å². The lowest BCUT2D eigenvalue weighted by molar-refractivity contribution is 0.00902. The van der Waals surface area contributed by atoms with Gasteiger partial charge in [0.1, 0.15) is 11.4 Å². The van der Waals surface area contributed by atoms with Crippen molar-refractivity contribution in [3.63, 3.8) is 0 Å². The highest BCUT2D eigenvalue weighted by Crippen LogP contribution is 2.34. The van der Waals surface area contributed by atoms with E-state index in [1.54, 1.807) is 29.8 Å². The summed E-state index contributed by atoms with van der Waals surface area (Å²) in [5.74, 6) is 1.95. The first kappa shape index (κ1) is 20.3. The molecule has 1 N–H and O–H groups in total. The number of benzene rings is 2. The number of nitrogens with zero attached hydrogens (tertiary/aromatic N) is 5. The van der Waals surface area contributed by atoms with E-state index in [9.17, 15) is 4.79 Å². The average Bonchev–Trinajstić information content (AvgIpc) is 3.18. The highest BCUT2D eigenvalue weighted by atomic mass is 16.5. The Balaban J connectivity index is 1.59. The lowest BCUT2D eigenvalue weighted by Crippen LogP contribution is -2.25. The number of hydrogen-bond acceptors (Lipinski definition) is 8. The van der Waals surface area contributed by atoms with Gasteiger partial charge in [-0.05, 0) is 48.0 Å². The third kappa shape index (κ3) is 3.43. The minimum Gasteiger partial charge on any atom is -0.497 e. The Morgan fingerprint density at radius 1 is 1.03 bits per heavy atom. The summed E-state index contributed by atoms with van der Waals surface area (Å²) in [6.07, 6.45) is 1.46. The van der Waals surface area contributed by atoms with Gasteiger partial charge in [0, 0.05) is 23.1 Å². The van der Waals surface area contributed by atoms with Gasteiger partial charge in [0.2, 0.25) is 5.95 Å². The van der Waals surface area contributed by atoms with Crippen LogP contribution in [0, 0.1) is 0 Å². The van der Waals surface area contributed by atoms with Crippen LogP contribution >= 0.6 is 0 Å². The highest BCUT2D eigenvalue weighted by molar-refractivity contribution is 5.96. The molecule has 1 aliphatic heterocycles. The smallest absolute Gasteiger partial charge is 0.293 e. The molecule has 0 atom stereocenters. The summed E-state index contributed by atoms with van der Waals surface area (Å²) in [5.41, 5.74) is 3.28. The predicted molar refractivity (Wildman–Crippen MR) is 128 cm³/mol. The monoisotopic (exact) mass is 452 g/mol. The number of anilines is 2. The first-order valence-electron chi connectivity index (χ1n) is 10.9. The van der Waals surface area contributed by atoms with Gasteiger partial charge in [-0.2, -0.15) is 4.52 Å². The van der Waals surface area contributed by atoms with E-state index in [-0.39, 0.29) is 5.92 Å². The molecule has 0 bridgehead atoms. The molecular formula is C25H20N6O3. The summed E-state index contributed by atoms with van der Waals surface area (Å²) in [6.45, 7) is 1.33. The Morgan fingerprint density at radius 3 is 2.65 bits per heavy atom. The van der Waals surface area contributed by atoms with Crippen LogP contribution in [0.5, 0.6) is 5.75 Å². The van der Waals surface area contributed by atoms with E-state index in [0.29, 0.717) is 36.3 Å². The van der Waals surface area contributed by atoms with Crippen molar-refractivity contribution < 1.29 is 9.47 Å². The molecule has 5 aromatic rings. The van der Waals surface area contributed by atoms with E-state index in [2.05, 4.69) is 16.4 Å². The van der Waals surface area contributed by atoms with Crippen molar-refractivity contribution in [2.75, 3.05) is 25.6 Å².